The molecule has 1 aromatic rings. The average molecular weight is 277 g/mol. The van der Waals surface area contributed by atoms with E-state index >= 15 is 0 Å². The Balaban J connectivity index is 1.88. The summed E-state index contributed by atoms with van der Waals surface area (Å²) < 4.78 is 5.09. The topological polar surface area (TPSA) is 75.5 Å². The Morgan fingerprint density at radius 3 is 3.15 bits per heavy atom. The molecule has 1 aromatic heterocycles. The van der Waals surface area contributed by atoms with Gasteiger partial charge >= 0.3 is 5.97 Å². The van der Waals surface area contributed by atoms with Gasteiger partial charge in [0.15, 0.2) is 0 Å². The minimum Gasteiger partial charge on any atom is -0.481 e. The van der Waals surface area contributed by atoms with E-state index < -0.39 is 11.4 Å². The number of fused-ring (bicyclic) bond motifs is 1. The molecule has 0 aromatic carbocycles. The van der Waals surface area contributed by atoms with Crippen molar-refractivity contribution in [1.82, 2.24) is 9.97 Å². The van der Waals surface area contributed by atoms with E-state index in [0.717, 1.165) is 37.3 Å². The molecule has 2 aliphatic rings. The first-order valence-corrected chi connectivity index (χ1v) is 6.97. The predicted molar refractivity (Wildman–Crippen MR) is 72.4 cm³/mol. The Kier molecular flexibility index (Phi) is 3.33. The quantitative estimate of drug-likeness (QED) is 0.898. The summed E-state index contributed by atoms with van der Waals surface area (Å²) in [6.07, 6.45) is 4.91. The van der Waals surface area contributed by atoms with Crippen molar-refractivity contribution in [3.63, 3.8) is 0 Å². The lowest BCUT2D eigenvalue weighted by atomic mass is 9.82. The van der Waals surface area contributed by atoms with Crippen molar-refractivity contribution in [2.24, 2.45) is 5.41 Å². The summed E-state index contributed by atoms with van der Waals surface area (Å²) in [4.78, 5) is 22.3. The van der Waals surface area contributed by atoms with E-state index in [2.05, 4.69) is 14.9 Å². The van der Waals surface area contributed by atoms with Gasteiger partial charge in [-0.2, -0.15) is 0 Å². The van der Waals surface area contributed by atoms with Crippen LogP contribution in [0.3, 0.4) is 0 Å². The molecular weight excluding hydrogens is 258 g/mol. The van der Waals surface area contributed by atoms with Crippen LogP contribution in [0, 0.1) is 5.41 Å². The van der Waals surface area contributed by atoms with E-state index in [4.69, 9.17) is 4.74 Å². The van der Waals surface area contributed by atoms with Gasteiger partial charge in [-0.05, 0) is 19.3 Å². The number of aromatic nitrogens is 2. The van der Waals surface area contributed by atoms with Crippen LogP contribution in [0.15, 0.2) is 12.4 Å². The van der Waals surface area contributed by atoms with Crippen molar-refractivity contribution in [2.75, 3.05) is 18.6 Å². The standard InChI is InChI=1S/C14H19N3O3/c1-20-8-10-7-12(16-9-15-10)17-6-5-14(13(18)19)4-2-3-11(14)17/h7,9,11H,2-6,8H2,1H3,(H,18,19)/t11-,14+/m0/s1. The van der Waals surface area contributed by atoms with Crippen molar-refractivity contribution in [1.29, 1.82) is 0 Å². The molecule has 108 valence electrons. The van der Waals surface area contributed by atoms with Gasteiger partial charge in [-0.25, -0.2) is 9.97 Å². The van der Waals surface area contributed by atoms with E-state index in [1.165, 1.54) is 6.33 Å². The molecule has 3 rings (SSSR count). The normalized spacial score (nSPS) is 28.6. The number of carboxylic acid groups (broad SMARTS) is 1. The number of rotatable bonds is 4. The highest BCUT2D eigenvalue weighted by Gasteiger charge is 2.55. The molecule has 2 atom stereocenters. The first kappa shape index (κ1) is 13.3. The van der Waals surface area contributed by atoms with Gasteiger partial charge in [0, 0.05) is 25.8 Å². The van der Waals surface area contributed by atoms with Crippen LogP contribution in [0.5, 0.6) is 0 Å². The minimum absolute atomic E-state index is 0.0605. The lowest BCUT2D eigenvalue weighted by Crippen LogP contribution is -2.41. The molecule has 1 aliphatic heterocycles. The van der Waals surface area contributed by atoms with Crippen molar-refractivity contribution >= 4 is 11.8 Å². The average Bonchev–Trinajstić information content (AvgIpc) is 2.98. The van der Waals surface area contributed by atoms with Crippen LogP contribution < -0.4 is 4.90 Å². The zero-order valence-electron chi connectivity index (χ0n) is 11.6. The summed E-state index contributed by atoms with van der Waals surface area (Å²) in [6.45, 7) is 1.19. The molecule has 2 heterocycles. The molecular formula is C14H19N3O3. The third-order valence-electron chi connectivity index (χ3n) is 4.64. The molecule has 6 nitrogen and oxygen atoms in total. The van der Waals surface area contributed by atoms with Gasteiger partial charge in [0.05, 0.1) is 17.7 Å². The van der Waals surface area contributed by atoms with Crippen LogP contribution in [0.4, 0.5) is 5.82 Å². The van der Waals surface area contributed by atoms with Crippen molar-refractivity contribution in [3.05, 3.63) is 18.1 Å². The maximum Gasteiger partial charge on any atom is 0.311 e. The molecule has 6 heteroatoms. The lowest BCUT2D eigenvalue weighted by molar-refractivity contribution is -0.148. The first-order chi connectivity index (χ1) is 9.67. The number of anilines is 1. The second-order valence-corrected chi connectivity index (χ2v) is 5.61. The number of hydrogen-bond acceptors (Lipinski definition) is 5. The van der Waals surface area contributed by atoms with Crippen LogP contribution in [0.25, 0.3) is 0 Å². The number of nitrogens with zero attached hydrogens (tertiary/aromatic N) is 3. The molecule has 2 fully saturated rings. The maximum absolute atomic E-state index is 11.7. The van der Waals surface area contributed by atoms with Crippen molar-refractivity contribution in [3.8, 4) is 0 Å². The Bertz CT molecular complexity index is 522. The highest BCUT2D eigenvalue weighted by Crippen LogP contribution is 2.49. The summed E-state index contributed by atoms with van der Waals surface area (Å²) in [7, 11) is 1.63. The second kappa shape index (κ2) is 5.01. The van der Waals surface area contributed by atoms with Gasteiger partial charge in [0.1, 0.15) is 12.1 Å². The molecule has 0 radical (unpaired) electrons. The van der Waals surface area contributed by atoms with Crippen molar-refractivity contribution < 1.29 is 14.6 Å². The third-order valence-corrected chi connectivity index (χ3v) is 4.64. The fraction of sp³-hybridized carbons (Fsp3) is 0.643. The molecule has 1 saturated heterocycles. The SMILES string of the molecule is COCc1cc(N2CC[C@]3(C(=O)O)CCC[C@H]23)ncn1. The van der Waals surface area contributed by atoms with Crippen LogP contribution in [-0.2, 0) is 16.1 Å². The summed E-state index contributed by atoms with van der Waals surface area (Å²) >= 11 is 0. The zero-order chi connectivity index (χ0) is 14.2. The molecule has 0 spiro atoms. The molecule has 0 unspecified atom stereocenters. The lowest BCUT2D eigenvalue weighted by Gasteiger charge is -2.29. The van der Waals surface area contributed by atoms with E-state index in [9.17, 15) is 9.90 Å². The number of ether oxygens (including phenoxy) is 1. The van der Waals surface area contributed by atoms with E-state index in [1.807, 2.05) is 6.07 Å². The monoisotopic (exact) mass is 277 g/mol. The smallest absolute Gasteiger partial charge is 0.311 e. The van der Waals surface area contributed by atoms with Crippen LogP contribution in [0.2, 0.25) is 0 Å². The summed E-state index contributed by atoms with van der Waals surface area (Å²) in [6, 6.07) is 1.96. The Labute approximate surface area is 117 Å². The highest BCUT2D eigenvalue weighted by atomic mass is 16.5. The van der Waals surface area contributed by atoms with E-state index in [1.54, 1.807) is 7.11 Å². The molecule has 0 amide bonds. The molecule has 1 saturated carbocycles. The number of aliphatic carboxylic acids is 1. The molecule has 1 N–H and O–H groups in total. The van der Waals surface area contributed by atoms with Gasteiger partial charge in [0.2, 0.25) is 0 Å². The summed E-state index contributed by atoms with van der Waals surface area (Å²) in [5.74, 6) is 0.163. The number of methoxy groups -OCH3 is 1. The van der Waals surface area contributed by atoms with E-state index in [-0.39, 0.29) is 6.04 Å². The second-order valence-electron chi connectivity index (χ2n) is 5.61. The van der Waals surface area contributed by atoms with Gasteiger partial charge in [-0.3, -0.25) is 4.79 Å². The number of hydrogen-bond donors (Lipinski definition) is 1. The maximum atomic E-state index is 11.7. The van der Waals surface area contributed by atoms with Crippen molar-refractivity contribution in [2.45, 2.75) is 38.3 Å². The first-order valence-electron chi connectivity index (χ1n) is 6.97. The third kappa shape index (κ3) is 1.95. The number of carbonyl (C=O) groups is 1. The fourth-order valence-electron chi connectivity index (χ4n) is 3.68. The van der Waals surface area contributed by atoms with E-state index in [0.29, 0.717) is 13.0 Å². The van der Waals surface area contributed by atoms with Gasteiger partial charge in [-0.15, -0.1) is 0 Å². The van der Waals surface area contributed by atoms with Gasteiger partial charge < -0.3 is 14.7 Å². The summed E-state index contributed by atoms with van der Waals surface area (Å²) in [5.41, 5.74) is 0.246. The van der Waals surface area contributed by atoms with Crippen LogP contribution in [-0.4, -0.2) is 40.7 Å². The molecule has 20 heavy (non-hydrogen) atoms. The van der Waals surface area contributed by atoms with Gasteiger partial charge in [0.25, 0.3) is 0 Å². The molecule has 0 bridgehead atoms. The fourth-order valence-corrected chi connectivity index (χ4v) is 3.68. The zero-order valence-corrected chi connectivity index (χ0v) is 11.6. The van der Waals surface area contributed by atoms with Crippen LogP contribution >= 0.6 is 0 Å². The minimum atomic E-state index is -0.659. The largest absolute Gasteiger partial charge is 0.481 e. The Morgan fingerprint density at radius 1 is 1.55 bits per heavy atom. The Hall–Kier alpha value is -1.69. The number of carboxylic acids is 1. The van der Waals surface area contributed by atoms with Gasteiger partial charge in [-0.1, -0.05) is 6.42 Å². The predicted octanol–water partition coefficient (Wildman–Crippen LogP) is 1.46. The highest BCUT2D eigenvalue weighted by molar-refractivity contribution is 5.78. The summed E-state index contributed by atoms with van der Waals surface area (Å²) in [5, 5.41) is 9.60. The molecule has 1 aliphatic carbocycles. The Morgan fingerprint density at radius 2 is 2.40 bits per heavy atom. The van der Waals surface area contributed by atoms with Crippen LogP contribution in [0.1, 0.15) is 31.4 Å².